The first-order valence-corrected chi connectivity index (χ1v) is 7.88. The van der Waals surface area contributed by atoms with Crippen LogP contribution in [-0.4, -0.2) is 22.3 Å². The van der Waals surface area contributed by atoms with Gasteiger partial charge >= 0.3 is 0 Å². The largest absolute Gasteiger partial charge is 0.369 e. The van der Waals surface area contributed by atoms with Crippen molar-refractivity contribution in [2.45, 2.75) is 12.8 Å². The number of rotatable bonds is 6. The molecule has 2 heterocycles. The summed E-state index contributed by atoms with van der Waals surface area (Å²) in [7, 11) is 0. The molecule has 2 aromatic rings. The Bertz CT molecular complexity index is 724. The van der Waals surface area contributed by atoms with E-state index in [2.05, 4.69) is 9.88 Å². The van der Waals surface area contributed by atoms with Gasteiger partial charge in [-0.1, -0.05) is 18.2 Å². The maximum atomic E-state index is 10.9. The third-order valence-electron chi connectivity index (χ3n) is 3.80. The molecule has 0 spiro atoms. The van der Waals surface area contributed by atoms with Gasteiger partial charge in [-0.2, -0.15) is 0 Å². The van der Waals surface area contributed by atoms with E-state index >= 15 is 0 Å². The minimum atomic E-state index is -0.316. The highest BCUT2D eigenvalue weighted by Gasteiger charge is 2.07. The van der Waals surface area contributed by atoms with Gasteiger partial charge in [-0.05, 0) is 29.8 Å². The van der Waals surface area contributed by atoms with Crippen molar-refractivity contribution in [3.8, 4) is 0 Å². The van der Waals surface area contributed by atoms with Crippen LogP contribution < -0.4 is 10.6 Å². The molecule has 0 unspecified atom stereocenters. The van der Waals surface area contributed by atoms with Crippen molar-refractivity contribution in [1.82, 2.24) is 9.88 Å². The molecular formula is C19H20N4O. The molecule has 0 bridgehead atoms. The van der Waals surface area contributed by atoms with E-state index in [0.717, 1.165) is 29.9 Å². The van der Waals surface area contributed by atoms with Crippen LogP contribution in [0.5, 0.6) is 0 Å². The Balaban J connectivity index is 1.55. The van der Waals surface area contributed by atoms with Crippen molar-refractivity contribution in [2.24, 2.45) is 5.73 Å². The summed E-state index contributed by atoms with van der Waals surface area (Å²) in [4.78, 5) is 19.4. The summed E-state index contributed by atoms with van der Waals surface area (Å²) >= 11 is 0. The zero-order chi connectivity index (χ0) is 16.8. The molecule has 0 saturated carbocycles. The second kappa shape index (κ2) is 7.46. The molecule has 24 heavy (non-hydrogen) atoms. The van der Waals surface area contributed by atoms with Crippen molar-refractivity contribution >= 4 is 11.6 Å². The van der Waals surface area contributed by atoms with Crippen LogP contribution in [0.4, 0.5) is 5.69 Å². The Labute approximate surface area is 141 Å². The molecule has 0 fully saturated rings. The molecule has 0 saturated heterocycles. The fourth-order valence-corrected chi connectivity index (χ4v) is 2.51. The first-order chi connectivity index (χ1) is 11.7. The summed E-state index contributed by atoms with van der Waals surface area (Å²) in [6.07, 6.45) is 11.1. The number of anilines is 1. The third-order valence-corrected chi connectivity index (χ3v) is 3.80. The predicted molar refractivity (Wildman–Crippen MR) is 94.7 cm³/mol. The van der Waals surface area contributed by atoms with E-state index in [4.69, 9.17) is 5.73 Å². The van der Waals surface area contributed by atoms with Crippen LogP contribution in [0.3, 0.4) is 0 Å². The zero-order valence-corrected chi connectivity index (χ0v) is 13.4. The molecule has 3 rings (SSSR count). The molecule has 122 valence electrons. The van der Waals surface area contributed by atoms with Crippen molar-refractivity contribution in [2.75, 3.05) is 11.4 Å². The topological polar surface area (TPSA) is 62.5 Å². The molecule has 5 nitrogen and oxygen atoms in total. The highest BCUT2D eigenvalue weighted by Crippen LogP contribution is 2.19. The minimum absolute atomic E-state index is 0.271. The lowest BCUT2D eigenvalue weighted by Crippen LogP contribution is -2.21. The number of carbonyl (C=O) groups is 1. The maximum Gasteiger partial charge on any atom is 0.221 e. The van der Waals surface area contributed by atoms with Crippen molar-refractivity contribution in [1.29, 1.82) is 0 Å². The third kappa shape index (κ3) is 4.23. The zero-order valence-electron chi connectivity index (χ0n) is 13.4. The summed E-state index contributed by atoms with van der Waals surface area (Å²) < 4.78 is 0. The highest BCUT2D eigenvalue weighted by molar-refractivity contribution is 5.76. The maximum absolute atomic E-state index is 10.9. The summed E-state index contributed by atoms with van der Waals surface area (Å²) in [5.41, 5.74) is 8.27. The summed E-state index contributed by atoms with van der Waals surface area (Å²) in [6, 6.07) is 13.8. The quantitative estimate of drug-likeness (QED) is 0.888. The van der Waals surface area contributed by atoms with E-state index in [1.807, 2.05) is 78.4 Å². The number of pyridine rings is 1. The van der Waals surface area contributed by atoms with E-state index in [1.54, 1.807) is 0 Å². The van der Waals surface area contributed by atoms with Gasteiger partial charge in [-0.25, -0.2) is 0 Å². The Morgan fingerprint density at radius 1 is 1.00 bits per heavy atom. The molecule has 0 aliphatic carbocycles. The molecule has 0 radical (unpaired) electrons. The van der Waals surface area contributed by atoms with Crippen molar-refractivity contribution in [3.63, 3.8) is 0 Å². The van der Waals surface area contributed by atoms with Crippen LogP contribution in [0.15, 0.2) is 73.5 Å². The first-order valence-electron chi connectivity index (χ1n) is 7.88. The molecule has 1 amide bonds. The normalized spacial score (nSPS) is 13.3. The smallest absolute Gasteiger partial charge is 0.221 e. The number of nitrogens with zero attached hydrogens (tertiary/aromatic N) is 3. The van der Waals surface area contributed by atoms with Crippen LogP contribution >= 0.6 is 0 Å². The number of aromatic nitrogens is 1. The van der Waals surface area contributed by atoms with Gasteiger partial charge in [0.15, 0.2) is 0 Å². The molecule has 1 aliphatic rings. The summed E-state index contributed by atoms with van der Waals surface area (Å²) in [5, 5.41) is 0. The summed E-state index contributed by atoms with van der Waals surface area (Å²) in [6.45, 7) is 0.884. The molecule has 1 aliphatic heterocycles. The number of amides is 1. The highest BCUT2D eigenvalue weighted by atomic mass is 16.1. The lowest BCUT2D eigenvalue weighted by Gasteiger charge is -2.25. The van der Waals surface area contributed by atoms with Gasteiger partial charge in [0.2, 0.25) is 5.91 Å². The lowest BCUT2D eigenvalue weighted by atomic mass is 10.1. The lowest BCUT2D eigenvalue weighted by molar-refractivity contribution is -0.117. The SMILES string of the molecule is NC(=O)Cc1ccc(N2C=CN(CCc3ccccn3)C=C2)cc1. The summed E-state index contributed by atoms with van der Waals surface area (Å²) in [5.74, 6) is -0.316. The fourth-order valence-electron chi connectivity index (χ4n) is 2.51. The fraction of sp³-hybridized carbons (Fsp3) is 0.158. The average molecular weight is 320 g/mol. The minimum Gasteiger partial charge on any atom is -0.369 e. The molecule has 1 aromatic carbocycles. The molecule has 5 heteroatoms. The number of nitrogens with two attached hydrogens (primary N) is 1. The molecule has 2 N–H and O–H groups in total. The molecule has 1 aromatic heterocycles. The number of carbonyl (C=O) groups excluding carboxylic acids is 1. The van der Waals surface area contributed by atoms with Gasteiger partial charge in [-0.3, -0.25) is 9.78 Å². The standard InChI is InChI=1S/C19H20N4O/c20-19(24)15-16-4-6-18(7-5-16)23-13-11-22(12-14-23)10-8-17-3-1-2-9-21-17/h1-7,9,11-14H,8,10,15H2,(H2,20,24). The van der Waals surface area contributed by atoms with Crippen molar-refractivity contribution in [3.05, 3.63) is 84.7 Å². The van der Waals surface area contributed by atoms with Gasteiger partial charge in [0.25, 0.3) is 0 Å². The number of hydrogen-bond acceptors (Lipinski definition) is 4. The van der Waals surface area contributed by atoms with Gasteiger partial charge in [0, 0.05) is 55.3 Å². The van der Waals surface area contributed by atoms with E-state index in [1.165, 1.54) is 0 Å². The van der Waals surface area contributed by atoms with Crippen LogP contribution in [0.2, 0.25) is 0 Å². The number of primary amides is 1. The van der Waals surface area contributed by atoms with Gasteiger partial charge in [0.1, 0.15) is 0 Å². The second-order valence-electron chi connectivity index (χ2n) is 5.62. The van der Waals surface area contributed by atoms with Crippen molar-refractivity contribution < 1.29 is 4.79 Å². The average Bonchev–Trinajstić information content (AvgIpc) is 2.62. The van der Waals surface area contributed by atoms with Crippen LogP contribution in [-0.2, 0) is 17.6 Å². The molecule has 0 atom stereocenters. The monoisotopic (exact) mass is 320 g/mol. The number of hydrogen-bond donors (Lipinski definition) is 1. The van der Waals surface area contributed by atoms with Gasteiger partial charge in [0.05, 0.1) is 6.42 Å². The Hall–Kier alpha value is -3.08. The van der Waals surface area contributed by atoms with E-state index < -0.39 is 0 Å². The predicted octanol–water partition coefficient (Wildman–Crippen LogP) is 2.42. The van der Waals surface area contributed by atoms with Gasteiger partial charge in [-0.15, -0.1) is 0 Å². The Kier molecular flexibility index (Phi) is 4.91. The second-order valence-corrected chi connectivity index (χ2v) is 5.62. The van der Waals surface area contributed by atoms with Crippen LogP contribution in [0, 0.1) is 0 Å². The van der Waals surface area contributed by atoms with Gasteiger partial charge < -0.3 is 15.5 Å². The van der Waals surface area contributed by atoms with Crippen LogP contribution in [0.1, 0.15) is 11.3 Å². The Morgan fingerprint density at radius 2 is 1.75 bits per heavy atom. The number of benzene rings is 1. The van der Waals surface area contributed by atoms with E-state index in [0.29, 0.717) is 0 Å². The van der Waals surface area contributed by atoms with E-state index in [-0.39, 0.29) is 12.3 Å². The van der Waals surface area contributed by atoms with Crippen LogP contribution in [0.25, 0.3) is 0 Å². The van der Waals surface area contributed by atoms with E-state index in [9.17, 15) is 4.79 Å². The first kappa shape index (κ1) is 15.8. The Morgan fingerprint density at radius 3 is 2.38 bits per heavy atom. The molecular weight excluding hydrogens is 300 g/mol.